The summed E-state index contributed by atoms with van der Waals surface area (Å²) >= 11 is 1.94. The predicted molar refractivity (Wildman–Crippen MR) is 69.8 cm³/mol. The minimum Gasteiger partial charge on any atom is -0.301 e. The summed E-state index contributed by atoms with van der Waals surface area (Å²) in [5.41, 5.74) is 0. The molecule has 1 fully saturated rings. The van der Waals surface area contributed by atoms with Crippen LogP contribution in [0.15, 0.2) is 29.4 Å². The van der Waals surface area contributed by atoms with E-state index in [0.717, 1.165) is 5.25 Å². The Balaban J connectivity index is 1.82. The Morgan fingerprint density at radius 2 is 2.06 bits per heavy atom. The standard InChI is InChI=1S/C13H20N2S/c1-11(2)15-9-6-12(7-10-15)16-13-5-3-4-8-14-13/h3-5,8,11-12H,6-7,9-10H2,1-2H3. The van der Waals surface area contributed by atoms with Gasteiger partial charge in [-0.25, -0.2) is 4.98 Å². The molecule has 1 saturated heterocycles. The zero-order valence-electron chi connectivity index (χ0n) is 10.1. The lowest BCUT2D eigenvalue weighted by molar-refractivity contribution is 0.188. The van der Waals surface area contributed by atoms with Crippen molar-refractivity contribution >= 4 is 11.8 Å². The van der Waals surface area contributed by atoms with E-state index in [1.807, 2.05) is 24.0 Å². The highest BCUT2D eigenvalue weighted by Gasteiger charge is 2.21. The van der Waals surface area contributed by atoms with Crippen LogP contribution in [0.25, 0.3) is 0 Å². The van der Waals surface area contributed by atoms with Gasteiger partial charge < -0.3 is 4.90 Å². The van der Waals surface area contributed by atoms with Crippen molar-refractivity contribution in [3.63, 3.8) is 0 Å². The Morgan fingerprint density at radius 3 is 2.62 bits per heavy atom. The molecule has 3 heteroatoms. The first-order valence-electron chi connectivity index (χ1n) is 6.07. The molecule has 1 aromatic rings. The average molecular weight is 236 g/mol. The Bertz CT molecular complexity index is 305. The van der Waals surface area contributed by atoms with Gasteiger partial charge in [-0.1, -0.05) is 6.07 Å². The maximum absolute atomic E-state index is 4.38. The Morgan fingerprint density at radius 1 is 1.31 bits per heavy atom. The molecule has 0 radical (unpaired) electrons. The molecule has 0 bridgehead atoms. The molecule has 0 saturated carbocycles. The Labute approximate surface area is 102 Å². The molecule has 0 unspecified atom stereocenters. The largest absolute Gasteiger partial charge is 0.301 e. The fraction of sp³-hybridized carbons (Fsp3) is 0.615. The van der Waals surface area contributed by atoms with Gasteiger partial charge in [-0.3, -0.25) is 0 Å². The molecule has 0 aliphatic carbocycles. The van der Waals surface area contributed by atoms with Crippen LogP contribution in [0.4, 0.5) is 0 Å². The smallest absolute Gasteiger partial charge is 0.0962 e. The van der Waals surface area contributed by atoms with E-state index in [1.165, 1.54) is 31.0 Å². The molecule has 0 N–H and O–H groups in total. The van der Waals surface area contributed by atoms with E-state index < -0.39 is 0 Å². The number of likely N-dealkylation sites (tertiary alicyclic amines) is 1. The van der Waals surface area contributed by atoms with Gasteiger partial charge in [0.25, 0.3) is 0 Å². The molecule has 0 atom stereocenters. The zero-order valence-corrected chi connectivity index (χ0v) is 10.9. The van der Waals surface area contributed by atoms with Gasteiger partial charge in [0, 0.05) is 17.5 Å². The van der Waals surface area contributed by atoms with Crippen molar-refractivity contribution in [3.8, 4) is 0 Å². The third-order valence-corrected chi connectivity index (χ3v) is 4.42. The van der Waals surface area contributed by atoms with Crippen LogP contribution in [0.1, 0.15) is 26.7 Å². The maximum atomic E-state index is 4.38. The minimum atomic E-state index is 0.695. The van der Waals surface area contributed by atoms with Crippen LogP contribution in [0.2, 0.25) is 0 Å². The van der Waals surface area contributed by atoms with Gasteiger partial charge in [0.15, 0.2) is 0 Å². The molecule has 0 amide bonds. The summed E-state index contributed by atoms with van der Waals surface area (Å²) < 4.78 is 0. The van der Waals surface area contributed by atoms with E-state index in [0.29, 0.717) is 6.04 Å². The summed E-state index contributed by atoms with van der Waals surface area (Å²) in [5.74, 6) is 0. The third-order valence-electron chi connectivity index (χ3n) is 3.13. The van der Waals surface area contributed by atoms with E-state index >= 15 is 0 Å². The van der Waals surface area contributed by atoms with Crippen molar-refractivity contribution in [2.45, 2.75) is 43.0 Å². The van der Waals surface area contributed by atoms with Crippen LogP contribution in [-0.4, -0.2) is 34.3 Å². The molecule has 16 heavy (non-hydrogen) atoms. The summed E-state index contributed by atoms with van der Waals surface area (Å²) in [7, 11) is 0. The average Bonchev–Trinajstić information content (AvgIpc) is 2.31. The monoisotopic (exact) mass is 236 g/mol. The molecule has 88 valence electrons. The number of rotatable bonds is 3. The van der Waals surface area contributed by atoms with Gasteiger partial charge in [-0.05, 0) is 51.9 Å². The molecule has 1 aromatic heterocycles. The molecule has 2 nitrogen and oxygen atoms in total. The fourth-order valence-corrected chi connectivity index (χ4v) is 3.16. The highest BCUT2D eigenvalue weighted by Crippen LogP contribution is 2.29. The first kappa shape index (κ1) is 11.9. The molecule has 0 spiro atoms. The molecule has 1 aliphatic rings. The van der Waals surface area contributed by atoms with Crippen LogP contribution < -0.4 is 0 Å². The first-order chi connectivity index (χ1) is 7.75. The number of piperidine rings is 1. The molecule has 0 aromatic carbocycles. The van der Waals surface area contributed by atoms with Crippen molar-refractivity contribution in [2.24, 2.45) is 0 Å². The van der Waals surface area contributed by atoms with Gasteiger partial charge in [-0.2, -0.15) is 0 Å². The third kappa shape index (κ3) is 3.22. The number of nitrogens with zero attached hydrogens (tertiary/aromatic N) is 2. The first-order valence-corrected chi connectivity index (χ1v) is 6.95. The number of thioether (sulfide) groups is 1. The van der Waals surface area contributed by atoms with Crippen molar-refractivity contribution in [3.05, 3.63) is 24.4 Å². The molecule has 1 aliphatic heterocycles. The summed E-state index contributed by atoms with van der Waals surface area (Å²) in [6, 6.07) is 6.85. The van der Waals surface area contributed by atoms with Crippen molar-refractivity contribution < 1.29 is 0 Å². The molecule has 2 rings (SSSR count). The van der Waals surface area contributed by atoms with Crippen LogP contribution in [0, 0.1) is 0 Å². The highest BCUT2D eigenvalue weighted by molar-refractivity contribution is 7.99. The van der Waals surface area contributed by atoms with E-state index in [4.69, 9.17) is 0 Å². The van der Waals surface area contributed by atoms with Gasteiger partial charge in [0.2, 0.25) is 0 Å². The second kappa shape index (κ2) is 5.69. The van der Waals surface area contributed by atoms with Gasteiger partial charge in [0.05, 0.1) is 5.03 Å². The quantitative estimate of drug-likeness (QED) is 0.802. The van der Waals surface area contributed by atoms with Crippen LogP contribution in [0.3, 0.4) is 0 Å². The van der Waals surface area contributed by atoms with Crippen molar-refractivity contribution in [2.75, 3.05) is 13.1 Å². The SMILES string of the molecule is CC(C)N1CCC(Sc2ccccn2)CC1. The van der Waals surface area contributed by atoms with E-state index in [2.05, 4.69) is 35.9 Å². The van der Waals surface area contributed by atoms with Crippen LogP contribution in [-0.2, 0) is 0 Å². The van der Waals surface area contributed by atoms with Gasteiger partial charge in [0.1, 0.15) is 0 Å². The number of hydrogen-bond acceptors (Lipinski definition) is 3. The summed E-state index contributed by atoms with van der Waals surface area (Å²) in [5, 5.41) is 1.93. The predicted octanol–water partition coefficient (Wildman–Crippen LogP) is 3.05. The lowest BCUT2D eigenvalue weighted by atomic mass is 10.1. The van der Waals surface area contributed by atoms with E-state index in [-0.39, 0.29) is 0 Å². The second-order valence-corrected chi connectivity index (χ2v) is 5.94. The molecule has 2 heterocycles. The van der Waals surface area contributed by atoms with E-state index in [9.17, 15) is 0 Å². The lowest BCUT2D eigenvalue weighted by Crippen LogP contribution is -2.39. The fourth-order valence-electron chi connectivity index (χ4n) is 2.10. The van der Waals surface area contributed by atoms with Gasteiger partial charge >= 0.3 is 0 Å². The second-order valence-electron chi connectivity index (χ2n) is 4.61. The normalized spacial score (nSPS) is 19.2. The maximum Gasteiger partial charge on any atom is 0.0962 e. The lowest BCUT2D eigenvalue weighted by Gasteiger charge is -2.34. The van der Waals surface area contributed by atoms with Crippen molar-refractivity contribution in [1.82, 2.24) is 9.88 Å². The zero-order chi connectivity index (χ0) is 11.4. The summed E-state index contributed by atoms with van der Waals surface area (Å²) in [4.78, 5) is 6.94. The minimum absolute atomic E-state index is 0.695. The summed E-state index contributed by atoms with van der Waals surface area (Å²) in [6.07, 6.45) is 4.46. The number of aromatic nitrogens is 1. The van der Waals surface area contributed by atoms with Crippen LogP contribution in [0.5, 0.6) is 0 Å². The Kier molecular flexibility index (Phi) is 4.24. The molecular weight excluding hydrogens is 216 g/mol. The van der Waals surface area contributed by atoms with Crippen molar-refractivity contribution in [1.29, 1.82) is 0 Å². The number of pyridine rings is 1. The summed E-state index contributed by atoms with van der Waals surface area (Å²) in [6.45, 7) is 7.04. The van der Waals surface area contributed by atoms with E-state index in [1.54, 1.807) is 0 Å². The van der Waals surface area contributed by atoms with Crippen LogP contribution >= 0.6 is 11.8 Å². The van der Waals surface area contributed by atoms with Gasteiger partial charge in [-0.15, -0.1) is 11.8 Å². The highest BCUT2D eigenvalue weighted by atomic mass is 32.2. The topological polar surface area (TPSA) is 16.1 Å². The Hall–Kier alpha value is -0.540. The number of hydrogen-bond donors (Lipinski definition) is 0. The molecular formula is C13H20N2S.